The second-order valence-electron chi connectivity index (χ2n) is 6.40. The van der Waals surface area contributed by atoms with Crippen molar-refractivity contribution in [1.82, 2.24) is 14.8 Å². The van der Waals surface area contributed by atoms with E-state index in [1.807, 2.05) is 12.1 Å². The van der Waals surface area contributed by atoms with Crippen molar-refractivity contribution in [3.63, 3.8) is 0 Å². The summed E-state index contributed by atoms with van der Waals surface area (Å²) in [6.45, 7) is 4.38. The Labute approximate surface area is 126 Å². The number of pyridine rings is 1. The van der Waals surface area contributed by atoms with Crippen molar-refractivity contribution in [3.8, 4) is 0 Å². The average molecular weight is 287 g/mol. The Hall–Kier alpha value is -1.46. The minimum Gasteiger partial charge on any atom is -0.382 e. The summed E-state index contributed by atoms with van der Waals surface area (Å²) in [5, 5.41) is 7.66. The highest BCUT2D eigenvalue weighted by Crippen LogP contribution is 2.30. The molecule has 0 aromatic carbocycles. The lowest BCUT2D eigenvalue weighted by atomic mass is 9.84. The first-order valence-electron chi connectivity index (χ1n) is 7.86. The van der Waals surface area contributed by atoms with E-state index in [-0.39, 0.29) is 5.84 Å². The number of aromatic nitrogens is 1. The van der Waals surface area contributed by atoms with Crippen molar-refractivity contribution < 1.29 is 0 Å². The van der Waals surface area contributed by atoms with Crippen molar-refractivity contribution in [1.29, 1.82) is 5.41 Å². The summed E-state index contributed by atoms with van der Waals surface area (Å²) in [5.41, 5.74) is 7.36. The third kappa shape index (κ3) is 3.09. The van der Waals surface area contributed by atoms with Crippen LogP contribution in [0.5, 0.6) is 0 Å². The van der Waals surface area contributed by atoms with Gasteiger partial charge in [0.1, 0.15) is 11.5 Å². The molecule has 0 saturated carbocycles. The van der Waals surface area contributed by atoms with Gasteiger partial charge in [-0.25, -0.2) is 0 Å². The molecule has 2 atom stereocenters. The fourth-order valence-corrected chi connectivity index (χ4v) is 3.92. The molecule has 21 heavy (non-hydrogen) atoms. The average Bonchev–Trinajstić information content (AvgIpc) is 2.48. The van der Waals surface area contributed by atoms with E-state index in [2.05, 4.69) is 21.8 Å². The summed E-state index contributed by atoms with van der Waals surface area (Å²) in [4.78, 5) is 9.29. The summed E-state index contributed by atoms with van der Waals surface area (Å²) in [6.07, 6.45) is 5.62. The minimum absolute atomic E-state index is 0.0675. The zero-order valence-corrected chi connectivity index (χ0v) is 12.8. The molecule has 0 bridgehead atoms. The fourth-order valence-electron chi connectivity index (χ4n) is 3.92. The van der Waals surface area contributed by atoms with Gasteiger partial charge in [-0.2, -0.15) is 0 Å². The smallest absolute Gasteiger partial charge is 0.142 e. The van der Waals surface area contributed by atoms with Gasteiger partial charge in [-0.1, -0.05) is 6.07 Å². The number of fused-ring (bicyclic) bond motifs is 1. The predicted octanol–water partition coefficient (Wildman–Crippen LogP) is 1.28. The van der Waals surface area contributed by atoms with E-state index < -0.39 is 0 Å². The summed E-state index contributed by atoms with van der Waals surface area (Å²) < 4.78 is 0. The van der Waals surface area contributed by atoms with Crippen molar-refractivity contribution in [2.75, 3.05) is 26.7 Å². The number of hydrogen-bond acceptors (Lipinski definition) is 4. The number of nitrogens with two attached hydrogens (primary N) is 1. The number of nitrogen functional groups attached to an aromatic ring is 1. The van der Waals surface area contributed by atoms with Gasteiger partial charge in [0, 0.05) is 25.3 Å². The first-order chi connectivity index (χ1) is 10.1. The number of piperidine rings is 2. The van der Waals surface area contributed by atoms with Gasteiger partial charge in [-0.05, 0) is 56.9 Å². The van der Waals surface area contributed by atoms with Crippen LogP contribution in [0, 0.1) is 11.3 Å². The highest BCUT2D eigenvalue weighted by molar-refractivity contribution is 5.94. The second kappa shape index (κ2) is 6.12. The fraction of sp³-hybridized carbons (Fsp3) is 0.625. The van der Waals surface area contributed by atoms with Gasteiger partial charge in [-0.15, -0.1) is 0 Å². The Morgan fingerprint density at radius 2 is 2.29 bits per heavy atom. The van der Waals surface area contributed by atoms with Crippen molar-refractivity contribution >= 4 is 5.84 Å². The third-order valence-corrected chi connectivity index (χ3v) is 4.97. The summed E-state index contributed by atoms with van der Waals surface area (Å²) in [5.74, 6) is 0.854. The summed E-state index contributed by atoms with van der Waals surface area (Å²) >= 11 is 0. The van der Waals surface area contributed by atoms with Gasteiger partial charge in [0.25, 0.3) is 0 Å². The van der Waals surface area contributed by atoms with Crippen LogP contribution >= 0.6 is 0 Å². The standard InChI is InChI=1S/C16H25N5/c1-20-8-3-5-12-10-21(9-6-14(12)20)11-13-4-2-7-19-15(13)16(17)18/h2,4,7,12,14H,3,5-6,8-11H2,1H3,(H3,17,18). The molecule has 0 amide bonds. The van der Waals surface area contributed by atoms with Crippen LogP contribution in [0.1, 0.15) is 30.5 Å². The van der Waals surface area contributed by atoms with Gasteiger partial charge in [0.05, 0.1) is 0 Å². The lowest BCUT2D eigenvalue weighted by molar-refractivity contribution is 0.0354. The number of nitrogens with zero attached hydrogens (tertiary/aromatic N) is 3. The maximum Gasteiger partial charge on any atom is 0.142 e. The van der Waals surface area contributed by atoms with Crippen molar-refractivity contribution in [3.05, 3.63) is 29.6 Å². The van der Waals surface area contributed by atoms with Crippen LogP contribution in [0.3, 0.4) is 0 Å². The van der Waals surface area contributed by atoms with Crippen LogP contribution < -0.4 is 5.73 Å². The molecule has 2 unspecified atom stereocenters. The number of likely N-dealkylation sites (tertiary alicyclic amines) is 2. The molecule has 2 saturated heterocycles. The molecule has 1 aromatic rings. The predicted molar refractivity (Wildman–Crippen MR) is 84.3 cm³/mol. The zero-order valence-electron chi connectivity index (χ0n) is 12.8. The first-order valence-corrected chi connectivity index (χ1v) is 7.86. The van der Waals surface area contributed by atoms with Crippen LogP contribution in [-0.4, -0.2) is 53.3 Å². The van der Waals surface area contributed by atoms with Gasteiger partial charge >= 0.3 is 0 Å². The second-order valence-corrected chi connectivity index (χ2v) is 6.40. The normalized spacial score (nSPS) is 27.3. The van der Waals surface area contributed by atoms with Crippen molar-refractivity contribution in [2.45, 2.75) is 31.8 Å². The molecular formula is C16H25N5. The molecule has 2 aliphatic heterocycles. The van der Waals surface area contributed by atoms with E-state index in [9.17, 15) is 0 Å². The van der Waals surface area contributed by atoms with Crippen LogP contribution in [0.2, 0.25) is 0 Å². The number of hydrogen-bond donors (Lipinski definition) is 2. The summed E-state index contributed by atoms with van der Waals surface area (Å²) in [6, 6.07) is 4.74. The van der Waals surface area contributed by atoms with E-state index in [0.717, 1.165) is 37.2 Å². The minimum atomic E-state index is 0.0675. The molecule has 5 heteroatoms. The van der Waals surface area contributed by atoms with E-state index in [1.54, 1.807) is 6.20 Å². The van der Waals surface area contributed by atoms with E-state index >= 15 is 0 Å². The van der Waals surface area contributed by atoms with E-state index in [4.69, 9.17) is 11.1 Å². The van der Waals surface area contributed by atoms with E-state index in [0.29, 0.717) is 5.69 Å². The quantitative estimate of drug-likeness (QED) is 0.649. The Balaban J connectivity index is 1.68. The molecule has 3 N–H and O–H groups in total. The molecule has 2 aliphatic rings. The summed E-state index contributed by atoms with van der Waals surface area (Å²) in [7, 11) is 2.27. The highest BCUT2D eigenvalue weighted by atomic mass is 15.2. The van der Waals surface area contributed by atoms with Gasteiger partial charge in [0.2, 0.25) is 0 Å². The Kier molecular flexibility index (Phi) is 4.22. The lowest BCUT2D eigenvalue weighted by Gasteiger charge is -2.46. The number of amidine groups is 1. The van der Waals surface area contributed by atoms with E-state index in [1.165, 1.54) is 25.8 Å². The highest BCUT2D eigenvalue weighted by Gasteiger charge is 2.34. The topological polar surface area (TPSA) is 69.2 Å². The molecule has 114 valence electrons. The molecule has 2 fully saturated rings. The Bertz CT molecular complexity index is 515. The maximum absolute atomic E-state index is 7.66. The molecule has 3 heterocycles. The first kappa shape index (κ1) is 14.5. The van der Waals surface area contributed by atoms with Gasteiger partial charge < -0.3 is 10.6 Å². The van der Waals surface area contributed by atoms with Crippen molar-refractivity contribution in [2.24, 2.45) is 11.7 Å². The molecule has 1 aromatic heterocycles. The molecule has 0 radical (unpaired) electrons. The molecule has 5 nitrogen and oxygen atoms in total. The molecule has 0 spiro atoms. The zero-order chi connectivity index (χ0) is 14.8. The molecule has 0 aliphatic carbocycles. The van der Waals surface area contributed by atoms with Crippen LogP contribution in [0.15, 0.2) is 18.3 Å². The van der Waals surface area contributed by atoms with Gasteiger partial charge in [0.15, 0.2) is 0 Å². The van der Waals surface area contributed by atoms with Crippen LogP contribution in [0.25, 0.3) is 0 Å². The maximum atomic E-state index is 7.66. The van der Waals surface area contributed by atoms with Crippen LogP contribution in [0.4, 0.5) is 0 Å². The SMILES string of the molecule is CN1CCCC2CN(Cc3cccnc3C(=N)N)CCC21. The molecular weight excluding hydrogens is 262 g/mol. The van der Waals surface area contributed by atoms with Crippen LogP contribution in [-0.2, 0) is 6.54 Å². The third-order valence-electron chi connectivity index (χ3n) is 4.97. The Morgan fingerprint density at radius 1 is 1.43 bits per heavy atom. The number of rotatable bonds is 3. The molecule has 3 rings (SSSR count). The lowest BCUT2D eigenvalue weighted by Crippen LogP contribution is -2.52. The largest absolute Gasteiger partial charge is 0.382 e. The monoisotopic (exact) mass is 287 g/mol. The van der Waals surface area contributed by atoms with Gasteiger partial charge in [-0.3, -0.25) is 15.3 Å². The Morgan fingerprint density at radius 3 is 3.10 bits per heavy atom. The number of nitrogens with one attached hydrogen (secondary N) is 1.